The molecular weight excluding hydrogens is 472 g/mol. The van der Waals surface area contributed by atoms with Gasteiger partial charge in [0, 0.05) is 43.5 Å². The number of anilines is 1. The summed E-state index contributed by atoms with van der Waals surface area (Å²) in [5.41, 5.74) is 0.655. The average molecular weight is 507 g/mol. The maximum Gasteiger partial charge on any atom is 0.254 e. The normalized spacial score (nSPS) is 19.0. The lowest BCUT2D eigenvalue weighted by Crippen LogP contribution is -2.57. The summed E-state index contributed by atoms with van der Waals surface area (Å²) >= 11 is 0. The standard InChI is InChI=1S/C28H34N4O5/c1-36-23-16-21(17-24(18-23)37-2)26(34)30-14-10-28(11-15-30)27(35)31(19-25(33)29-12-6-7-13-29)20-32(28)22-8-4-3-5-9-22/h3-5,8-9,16-18H,6-7,10-15,19-20H2,1-2H3. The number of para-hydroxylation sites is 1. The Morgan fingerprint density at radius 3 is 2.08 bits per heavy atom. The largest absolute Gasteiger partial charge is 0.497 e. The minimum absolute atomic E-state index is 0.00972. The summed E-state index contributed by atoms with van der Waals surface area (Å²) in [5.74, 6) is 0.964. The first-order valence-corrected chi connectivity index (χ1v) is 12.9. The lowest BCUT2D eigenvalue weighted by Gasteiger charge is -2.43. The number of ether oxygens (including phenoxy) is 2. The first kappa shape index (κ1) is 24.9. The summed E-state index contributed by atoms with van der Waals surface area (Å²) in [6.45, 7) is 2.85. The molecule has 2 aromatic rings. The molecule has 9 heteroatoms. The van der Waals surface area contributed by atoms with Crippen molar-refractivity contribution >= 4 is 23.4 Å². The Kier molecular flexibility index (Phi) is 6.95. The zero-order valence-corrected chi connectivity index (χ0v) is 21.5. The van der Waals surface area contributed by atoms with Crippen LogP contribution in [0.25, 0.3) is 0 Å². The van der Waals surface area contributed by atoms with E-state index in [-0.39, 0.29) is 24.3 Å². The third kappa shape index (κ3) is 4.70. The molecule has 2 aromatic carbocycles. The number of rotatable bonds is 6. The highest BCUT2D eigenvalue weighted by Gasteiger charge is 2.54. The van der Waals surface area contributed by atoms with Crippen LogP contribution in [0.3, 0.4) is 0 Å². The molecule has 0 atom stereocenters. The predicted molar refractivity (Wildman–Crippen MR) is 139 cm³/mol. The molecule has 3 aliphatic rings. The van der Waals surface area contributed by atoms with Gasteiger partial charge in [0.15, 0.2) is 0 Å². The van der Waals surface area contributed by atoms with Gasteiger partial charge in [-0.1, -0.05) is 18.2 Å². The number of methoxy groups -OCH3 is 2. The van der Waals surface area contributed by atoms with Crippen LogP contribution in [0.1, 0.15) is 36.0 Å². The molecule has 3 amide bonds. The molecule has 0 N–H and O–H groups in total. The van der Waals surface area contributed by atoms with Gasteiger partial charge in [-0.15, -0.1) is 0 Å². The van der Waals surface area contributed by atoms with E-state index in [2.05, 4.69) is 4.90 Å². The van der Waals surface area contributed by atoms with Crippen molar-refractivity contribution in [1.82, 2.24) is 14.7 Å². The molecule has 5 rings (SSSR count). The fourth-order valence-electron chi connectivity index (χ4n) is 5.75. The molecule has 0 aromatic heterocycles. The highest BCUT2D eigenvalue weighted by molar-refractivity contribution is 5.98. The topological polar surface area (TPSA) is 82.6 Å². The summed E-state index contributed by atoms with van der Waals surface area (Å²) in [4.78, 5) is 47.7. The summed E-state index contributed by atoms with van der Waals surface area (Å²) < 4.78 is 10.7. The van der Waals surface area contributed by atoms with Gasteiger partial charge in [-0.3, -0.25) is 14.4 Å². The van der Waals surface area contributed by atoms with Crippen molar-refractivity contribution in [2.45, 2.75) is 31.2 Å². The fraction of sp³-hybridized carbons (Fsp3) is 0.464. The molecule has 0 unspecified atom stereocenters. The van der Waals surface area contributed by atoms with Gasteiger partial charge in [-0.05, 0) is 49.9 Å². The highest BCUT2D eigenvalue weighted by atomic mass is 16.5. The number of amides is 3. The second-order valence-corrected chi connectivity index (χ2v) is 9.92. The molecule has 196 valence electrons. The van der Waals surface area contributed by atoms with Gasteiger partial charge in [0.2, 0.25) is 5.91 Å². The summed E-state index contributed by atoms with van der Waals surface area (Å²) in [6, 6.07) is 15.0. The van der Waals surface area contributed by atoms with Gasteiger partial charge in [0.25, 0.3) is 11.8 Å². The van der Waals surface area contributed by atoms with Crippen LogP contribution in [0.2, 0.25) is 0 Å². The Morgan fingerprint density at radius 2 is 1.49 bits per heavy atom. The summed E-state index contributed by atoms with van der Waals surface area (Å²) in [5, 5.41) is 0. The van der Waals surface area contributed by atoms with Crippen LogP contribution in [0.4, 0.5) is 5.69 Å². The van der Waals surface area contributed by atoms with Crippen LogP contribution in [0, 0.1) is 0 Å². The van der Waals surface area contributed by atoms with Crippen LogP contribution in [-0.4, -0.2) is 91.6 Å². The lowest BCUT2D eigenvalue weighted by atomic mass is 9.85. The third-order valence-electron chi connectivity index (χ3n) is 7.84. The van der Waals surface area contributed by atoms with Crippen LogP contribution < -0.4 is 14.4 Å². The molecule has 0 aliphatic carbocycles. The number of carbonyl (C=O) groups excluding carboxylic acids is 3. The van der Waals surface area contributed by atoms with Gasteiger partial charge >= 0.3 is 0 Å². The van der Waals surface area contributed by atoms with Gasteiger partial charge in [0.1, 0.15) is 23.6 Å². The van der Waals surface area contributed by atoms with Gasteiger partial charge in [-0.25, -0.2) is 0 Å². The molecule has 3 heterocycles. The number of carbonyl (C=O) groups is 3. The summed E-state index contributed by atoms with van der Waals surface area (Å²) in [6.07, 6.45) is 3.01. The minimum Gasteiger partial charge on any atom is -0.497 e. The zero-order valence-electron chi connectivity index (χ0n) is 21.5. The average Bonchev–Trinajstić information content (AvgIpc) is 3.57. The number of piperidine rings is 1. The second kappa shape index (κ2) is 10.3. The second-order valence-electron chi connectivity index (χ2n) is 9.92. The molecular formula is C28H34N4O5. The van der Waals surface area contributed by atoms with E-state index >= 15 is 0 Å². The smallest absolute Gasteiger partial charge is 0.254 e. The van der Waals surface area contributed by atoms with E-state index in [9.17, 15) is 14.4 Å². The number of hydrogen-bond donors (Lipinski definition) is 0. The number of nitrogens with zero attached hydrogens (tertiary/aromatic N) is 4. The number of hydrogen-bond acceptors (Lipinski definition) is 6. The van der Waals surface area contributed by atoms with E-state index in [1.165, 1.54) is 0 Å². The van der Waals surface area contributed by atoms with Crippen molar-refractivity contribution in [2.24, 2.45) is 0 Å². The molecule has 0 saturated carbocycles. The maximum absolute atomic E-state index is 13.9. The Morgan fingerprint density at radius 1 is 0.865 bits per heavy atom. The van der Waals surface area contributed by atoms with E-state index < -0.39 is 5.54 Å². The fourth-order valence-corrected chi connectivity index (χ4v) is 5.75. The molecule has 1 spiro atoms. The van der Waals surface area contributed by atoms with Crippen molar-refractivity contribution in [3.63, 3.8) is 0 Å². The van der Waals surface area contributed by atoms with E-state index in [0.717, 1.165) is 31.6 Å². The molecule has 3 fully saturated rings. The van der Waals surface area contributed by atoms with Crippen LogP contribution in [0.15, 0.2) is 48.5 Å². The number of benzene rings is 2. The van der Waals surface area contributed by atoms with Crippen molar-refractivity contribution in [2.75, 3.05) is 58.5 Å². The molecule has 3 aliphatic heterocycles. The van der Waals surface area contributed by atoms with E-state index in [4.69, 9.17) is 9.47 Å². The van der Waals surface area contributed by atoms with Crippen molar-refractivity contribution in [1.29, 1.82) is 0 Å². The third-order valence-corrected chi connectivity index (χ3v) is 7.84. The molecule has 3 saturated heterocycles. The molecule has 0 radical (unpaired) electrons. The van der Waals surface area contributed by atoms with Crippen molar-refractivity contribution < 1.29 is 23.9 Å². The van der Waals surface area contributed by atoms with Crippen LogP contribution in [0.5, 0.6) is 11.5 Å². The quantitative estimate of drug-likeness (QED) is 0.599. The van der Waals surface area contributed by atoms with E-state index in [1.54, 1.807) is 42.2 Å². The Labute approximate surface area is 217 Å². The van der Waals surface area contributed by atoms with E-state index in [0.29, 0.717) is 49.7 Å². The highest BCUT2D eigenvalue weighted by Crippen LogP contribution is 2.40. The summed E-state index contributed by atoms with van der Waals surface area (Å²) in [7, 11) is 3.11. The zero-order chi connectivity index (χ0) is 26.0. The Bertz CT molecular complexity index is 1130. The van der Waals surface area contributed by atoms with Crippen LogP contribution >= 0.6 is 0 Å². The first-order valence-electron chi connectivity index (χ1n) is 12.9. The van der Waals surface area contributed by atoms with Gasteiger partial charge < -0.3 is 29.1 Å². The Balaban J connectivity index is 1.36. The van der Waals surface area contributed by atoms with Crippen LogP contribution in [-0.2, 0) is 9.59 Å². The monoisotopic (exact) mass is 506 g/mol. The molecule has 0 bridgehead atoms. The van der Waals surface area contributed by atoms with Gasteiger partial charge in [0.05, 0.1) is 20.9 Å². The molecule has 37 heavy (non-hydrogen) atoms. The van der Waals surface area contributed by atoms with Crippen molar-refractivity contribution in [3.05, 3.63) is 54.1 Å². The number of likely N-dealkylation sites (tertiary alicyclic amines) is 2. The SMILES string of the molecule is COc1cc(OC)cc(C(=O)N2CCC3(CC2)C(=O)N(CC(=O)N2CCCC2)CN3c2ccccc2)c1. The molecule has 9 nitrogen and oxygen atoms in total. The van der Waals surface area contributed by atoms with Crippen molar-refractivity contribution in [3.8, 4) is 11.5 Å². The lowest BCUT2D eigenvalue weighted by molar-refractivity contribution is -0.140. The predicted octanol–water partition coefficient (Wildman–Crippen LogP) is 2.61. The Hall–Kier alpha value is -3.75. The van der Waals surface area contributed by atoms with E-state index in [1.807, 2.05) is 35.2 Å². The maximum atomic E-state index is 13.9. The van der Waals surface area contributed by atoms with Gasteiger partial charge in [-0.2, -0.15) is 0 Å². The minimum atomic E-state index is -0.782. The first-order chi connectivity index (χ1) is 17.9.